The Labute approximate surface area is 268 Å². The zero-order valence-electron chi connectivity index (χ0n) is 27.9. The average Bonchev–Trinajstić information content (AvgIpc) is 3.47. The Morgan fingerprint density at radius 2 is 1.42 bits per heavy atom. The van der Waals surface area contributed by atoms with Gasteiger partial charge in [0.1, 0.15) is 30.3 Å². The first-order valence-electron chi connectivity index (χ1n) is 16.0. The van der Waals surface area contributed by atoms with Crippen molar-refractivity contribution in [1.82, 2.24) is 16.0 Å². The molecule has 2 aromatic carbocycles. The van der Waals surface area contributed by atoms with Crippen LogP contribution in [0.2, 0.25) is 0 Å². The number of carbonyl (C=O) groups is 4. The van der Waals surface area contributed by atoms with E-state index in [1.165, 1.54) is 0 Å². The van der Waals surface area contributed by atoms with E-state index < -0.39 is 53.0 Å². The average molecular weight is 622 g/mol. The molecule has 1 saturated carbocycles. The molecule has 0 aromatic heterocycles. The van der Waals surface area contributed by atoms with Crippen LogP contribution in [0.25, 0.3) is 0 Å². The summed E-state index contributed by atoms with van der Waals surface area (Å²) in [5.41, 5.74) is 1.22. The lowest BCUT2D eigenvalue weighted by molar-refractivity contribution is -0.150. The summed E-state index contributed by atoms with van der Waals surface area (Å²) < 4.78 is 11.1. The van der Waals surface area contributed by atoms with E-state index in [-0.39, 0.29) is 13.0 Å². The second kappa shape index (κ2) is 15.9. The van der Waals surface area contributed by atoms with Crippen LogP contribution in [-0.4, -0.2) is 47.6 Å². The van der Waals surface area contributed by atoms with Gasteiger partial charge in [0.05, 0.1) is 0 Å². The summed E-state index contributed by atoms with van der Waals surface area (Å²) in [6, 6.07) is 14.1. The van der Waals surface area contributed by atoms with Crippen molar-refractivity contribution in [3.8, 4) is 0 Å². The molecule has 0 unspecified atom stereocenters. The molecular formula is C36H51N3O6. The molecule has 1 aliphatic rings. The summed E-state index contributed by atoms with van der Waals surface area (Å²) in [5.74, 6) is -1.21. The van der Waals surface area contributed by atoms with E-state index in [9.17, 15) is 19.2 Å². The molecule has 3 atom stereocenters. The molecule has 0 radical (unpaired) electrons. The van der Waals surface area contributed by atoms with Crippen LogP contribution in [0.3, 0.4) is 0 Å². The maximum Gasteiger partial charge on any atom is 0.408 e. The quantitative estimate of drug-likeness (QED) is 0.259. The highest BCUT2D eigenvalue weighted by molar-refractivity contribution is 5.93. The smallest absolute Gasteiger partial charge is 0.408 e. The molecule has 3 rings (SSSR count). The number of amides is 3. The molecule has 0 bridgehead atoms. The maximum absolute atomic E-state index is 13.9. The van der Waals surface area contributed by atoms with Crippen LogP contribution in [0.1, 0.15) is 90.3 Å². The van der Waals surface area contributed by atoms with Crippen molar-refractivity contribution in [3.05, 3.63) is 71.3 Å². The van der Waals surface area contributed by atoms with Gasteiger partial charge < -0.3 is 25.4 Å². The SMILES string of the molecule is Cc1ccccc1C[C@H](NC(=O)OC(C)(C)C)C(=O)N[C@H](C(=O)N[C@@H](CC1CCCC1)C(=O)OCc1ccccc1)C(C)(C)C. The molecule has 45 heavy (non-hydrogen) atoms. The van der Waals surface area contributed by atoms with E-state index in [2.05, 4.69) is 16.0 Å². The Morgan fingerprint density at radius 3 is 2.02 bits per heavy atom. The van der Waals surface area contributed by atoms with Crippen LogP contribution in [0, 0.1) is 18.3 Å². The van der Waals surface area contributed by atoms with Crippen LogP contribution in [-0.2, 0) is 36.9 Å². The minimum absolute atomic E-state index is 0.104. The Kier molecular flexibility index (Phi) is 12.6. The zero-order chi connectivity index (χ0) is 33.2. The number of esters is 1. The summed E-state index contributed by atoms with van der Waals surface area (Å²) in [6.07, 6.45) is 4.12. The number of hydrogen-bond acceptors (Lipinski definition) is 6. The first kappa shape index (κ1) is 35.6. The number of rotatable bonds is 12. The van der Waals surface area contributed by atoms with E-state index in [0.29, 0.717) is 12.3 Å². The fourth-order valence-corrected chi connectivity index (χ4v) is 5.51. The lowest BCUT2D eigenvalue weighted by Crippen LogP contribution is -2.60. The maximum atomic E-state index is 13.9. The second-order valence-electron chi connectivity index (χ2n) is 14.2. The molecule has 1 aliphatic carbocycles. The molecule has 1 fully saturated rings. The fraction of sp³-hybridized carbons (Fsp3) is 0.556. The highest BCUT2D eigenvalue weighted by Gasteiger charge is 2.38. The van der Waals surface area contributed by atoms with Gasteiger partial charge in [-0.3, -0.25) is 9.59 Å². The highest BCUT2D eigenvalue weighted by Crippen LogP contribution is 2.29. The number of benzene rings is 2. The van der Waals surface area contributed by atoms with Gasteiger partial charge in [-0.1, -0.05) is 101 Å². The number of carbonyl (C=O) groups excluding carboxylic acids is 4. The number of hydrogen-bond donors (Lipinski definition) is 3. The van der Waals surface area contributed by atoms with Gasteiger partial charge in [0, 0.05) is 6.42 Å². The Balaban J connectivity index is 1.79. The monoisotopic (exact) mass is 621 g/mol. The molecular weight excluding hydrogens is 570 g/mol. The summed E-state index contributed by atoms with van der Waals surface area (Å²) >= 11 is 0. The van der Waals surface area contributed by atoms with Crippen LogP contribution < -0.4 is 16.0 Å². The van der Waals surface area contributed by atoms with Crippen molar-refractivity contribution in [2.24, 2.45) is 11.3 Å². The lowest BCUT2D eigenvalue weighted by atomic mass is 9.85. The molecule has 3 amide bonds. The molecule has 9 heteroatoms. The standard InChI is InChI=1S/C36H51N3O6/c1-24-15-11-14-20-27(24)22-28(38-34(43)45-36(5,6)7)31(40)39-30(35(2,3)4)32(41)37-29(21-25-16-12-13-17-25)33(42)44-23-26-18-9-8-10-19-26/h8-11,14-15,18-20,25,28-30H,12-13,16-17,21-23H2,1-7H3,(H,37,41)(H,38,43)(H,39,40)/t28-,29-,30+/m0/s1. The van der Waals surface area contributed by atoms with E-state index in [1.807, 2.05) is 82.3 Å². The summed E-state index contributed by atoms with van der Waals surface area (Å²) in [5, 5.41) is 8.51. The van der Waals surface area contributed by atoms with Crippen molar-refractivity contribution in [3.63, 3.8) is 0 Å². The van der Waals surface area contributed by atoms with Crippen LogP contribution in [0.5, 0.6) is 0 Å². The van der Waals surface area contributed by atoms with E-state index in [1.54, 1.807) is 20.8 Å². The van der Waals surface area contributed by atoms with Gasteiger partial charge >= 0.3 is 12.1 Å². The minimum atomic E-state index is -1.01. The number of ether oxygens (including phenoxy) is 2. The third kappa shape index (κ3) is 11.9. The Bertz CT molecular complexity index is 1290. The van der Waals surface area contributed by atoms with Crippen molar-refractivity contribution < 1.29 is 28.7 Å². The molecule has 0 saturated heterocycles. The molecule has 0 heterocycles. The summed E-state index contributed by atoms with van der Waals surface area (Å²) in [6.45, 7) is 12.8. The van der Waals surface area contributed by atoms with E-state index in [4.69, 9.17) is 9.47 Å². The topological polar surface area (TPSA) is 123 Å². The van der Waals surface area contributed by atoms with Gasteiger partial charge in [-0.2, -0.15) is 0 Å². The molecule has 3 N–H and O–H groups in total. The van der Waals surface area contributed by atoms with E-state index in [0.717, 1.165) is 42.4 Å². The minimum Gasteiger partial charge on any atom is -0.459 e. The van der Waals surface area contributed by atoms with Crippen molar-refractivity contribution in [2.75, 3.05) is 0 Å². The molecule has 0 spiro atoms. The fourth-order valence-electron chi connectivity index (χ4n) is 5.51. The first-order chi connectivity index (χ1) is 21.1. The summed E-state index contributed by atoms with van der Waals surface area (Å²) in [7, 11) is 0. The van der Waals surface area contributed by atoms with Gasteiger partial charge in [-0.05, 0) is 62.1 Å². The summed E-state index contributed by atoms with van der Waals surface area (Å²) in [4.78, 5) is 53.8. The van der Waals surface area contributed by atoms with Gasteiger partial charge in [0.25, 0.3) is 0 Å². The van der Waals surface area contributed by atoms with Gasteiger partial charge in [-0.15, -0.1) is 0 Å². The van der Waals surface area contributed by atoms with Crippen molar-refractivity contribution >= 4 is 23.9 Å². The third-order valence-corrected chi connectivity index (χ3v) is 7.98. The predicted molar refractivity (Wildman–Crippen MR) is 174 cm³/mol. The van der Waals surface area contributed by atoms with Gasteiger partial charge in [0.15, 0.2) is 0 Å². The normalized spacial score (nSPS) is 15.8. The third-order valence-electron chi connectivity index (χ3n) is 7.98. The first-order valence-corrected chi connectivity index (χ1v) is 16.0. The van der Waals surface area contributed by atoms with Crippen LogP contribution in [0.4, 0.5) is 4.79 Å². The van der Waals surface area contributed by atoms with Gasteiger partial charge in [0.2, 0.25) is 11.8 Å². The largest absolute Gasteiger partial charge is 0.459 e. The lowest BCUT2D eigenvalue weighted by Gasteiger charge is -2.33. The molecule has 2 aromatic rings. The van der Waals surface area contributed by atoms with Crippen LogP contribution >= 0.6 is 0 Å². The van der Waals surface area contributed by atoms with Crippen molar-refractivity contribution in [2.45, 2.75) is 117 Å². The van der Waals surface area contributed by atoms with Crippen LogP contribution in [0.15, 0.2) is 54.6 Å². The Hall–Kier alpha value is -3.88. The van der Waals surface area contributed by atoms with Gasteiger partial charge in [-0.25, -0.2) is 9.59 Å². The zero-order valence-corrected chi connectivity index (χ0v) is 27.9. The Morgan fingerprint density at radius 1 is 0.800 bits per heavy atom. The predicted octanol–water partition coefficient (Wildman–Crippen LogP) is 5.77. The second-order valence-corrected chi connectivity index (χ2v) is 14.2. The number of alkyl carbamates (subject to hydrolysis) is 1. The van der Waals surface area contributed by atoms with E-state index >= 15 is 0 Å². The molecule has 0 aliphatic heterocycles. The number of aryl methyl sites for hydroxylation is 1. The number of nitrogens with one attached hydrogen (secondary N) is 3. The molecule has 9 nitrogen and oxygen atoms in total. The molecule has 246 valence electrons. The van der Waals surface area contributed by atoms with Crippen molar-refractivity contribution in [1.29, 1.82) is 0 Å². The highest BCUT2D eigenvalue weighted by atomic mass is 16.6.